The summed E-state index contributed by atoms with van der Waals surface area (Å²) >= 11 is 0. The van der Waals surface area contributed by atoms with Crippen LogP contribution < -0.4 is 0 Å². The van der Waals surface area contributed by atoms with Gasteiger partial charge in [-0.25, -0.2) is 18.8 Å². The van der Waals surface area contributed by atoms with E-state index in [1.807, 2.05) is 35.4 Å². The second-order valence-electron chi connectivity index (χ2n) is 10.9. The maximum atomic E-state index is 13.9. The normalized spacial score (nSPS) is 18.8. The SMILES string of the molecule is O=C(O)C(F)(F)F.O=C(O)C(F)(F)F.O=C(O)C(F)(F)F.O=C1N(Cc2ccncc2)CCOC12CN(Cc1ccc(F)cc1)CC2c1cccnc1. The lowest BCUT2D eigenvalue weighted by Gasteiger charge is -2.42. The Hall–Kier alpha value is -5.38. The number of carboxylic acid groups (broad SMARTS) is 3. The molecule has 0 radical (unpaired) electrons. The number of pyridine rings is 2. The molecule has 5 rings (SSSR count). The van der Waals surface area contributed by atoms with E-state index < -0.39 is 42.0 Å². The van der Waals surface area contributed by atoms with Crippen molar-refractivity contribution in [3.63, 3.8) is 0 Å². The molecule has 2 aliphatic rings. The minimum absolute atomic E-state index is 0.0102. The van der Waals surface area contributed by atoms with Crippen molar-refractivity contribution >= 4 is 23.8 Å². The number of ether oxygens (including phenoxy) is 1. The van der Waals surface area contributed by atoms with Crippen LogP contribution in [0.4, 0.5) is 43.9 Å². The van der Waals surface area contributed by atoms with Crippen LogP contribution in [0.25, 0.3) is 0 Å². The quantitative estimate of drug-likeness (QED) is 0.301. The molecule has 0 aliphatic carbocycles. The second-order valence-corrected chi connectivity index (χ2v) is 10.9. The molecule has 3 aromatic rings. The summed E-state index contributed by atoms with van der Waals surface area (Å²) in [5.41, 5.74) is 2.08. The average Bonchev–Trinajstić information content (AvgIpc) is 3.43. The molecule has 2 saturated heterocycles. The van der Waals surface area contributed by atoms with E-state index in [2.05, 4.69) is 14.9 Å². The van der Waals surface area contributed by atoms with Crippen molar-refractivity contribution in [1.29, 1.82) is 0 Å². The van der Waals surface area contributed by atoms with Crippen molar-refractivity contribution in [3.05, 3.63) is 95.8 Å². The van der Waals surface area contributed by atoms with Crippen molar-refractivity contribution in [1.82, 2.24) is 19.8 Å². The number of nitrogens with zero attached hydrogens (tertiary/aromatic N) is 4. The molecule has 290 valence electrons. The highest BCUT2D eigenvalue weighted by molar-refractivity contribution is 5.88. The molecule has 22 heteroatoms. The summed E-state index contributed by atoms with van der Waals surface area (Å²) in [5, 5.41) is 21.4. The van der Waals surface area contributed by atoms with Gasteiger partial charge in [-0.3, -0.25) is 19.7 Å². The zero-order valence-corrected chi connectivity index (χ0v) is 26.7. The summed E-state index contributed by atoms with van der Waals surface area (Å²) < 4.78 is 115. The lowest BCUT2D eigenvalue weighted by molar-refractivity contribution is -0.193. The summed E-state index contributed by atoms with van der Waals surface area (Å²) in [6.07, 6.45) is -8.20. The number of alkyl halides is 9. The minimum atomic E-state index is -5.08. The molecule has 1 amide bonds. The van der Waals surface area contributed by atoms with Crippen molar-refractivity contribution in [2.24, 2.45) is 0 Å². The van der Waals surface area contributed by atoms with Crippen molar-refractivity contribution in [3.8, 4) is 0 Å². The highest BCUT2D eigenvalue weighted by Gasteiger charge is 2.57. The lowest BCUT2D eigenvalue weighted by Crippen LogP contribution is -2.59. The van der Waals surface area contributed by atoms with Crippen LogP contribution in [-0.4, -0.2) is 109 Å². The number of aliphatic carboxylic acids is 3. The Morgan fingerprint density at radius 1 is 0.755 bits per heavy atom. The van der Waals surface area contributed by atoms with E-state index in [4.69, 9.17) is 34.4 Å². The van der Waals surface area contributed by atoms with Gasteiger partial charge >= 0.3 is 36.4 Å². The van der Waals surface area contributed by atoms with E-state index in [0.29, 0.717) is 39.3 Å². The number of carboxylic acids is 3. The number of morpholine rings is 1. The van der Waals surface area contributed by atoms with Crippen LogP contribution in [0.15, 0.2) is 73.3 Å². The number of amides is 1. The summed E-state index contributed by atoms with van der Waals surface area (Å²) in [7, 11) is 0. The lowest BCUT2D eigenvalue weighted by atomic mass is 9.83. The van der Waals surface area contributed by atoms with E-state index in [1.54, 1.807) is 30.7 Å². The summed E-state index contributed by atoms with van der Waals surface area (Å²) in [6.45, 7) is 3.34. The fourth-order valence-electron chi connectivity index (χ4n) is 4.83. The Bertz CT molecular complexity index is 1600. The molecule has 1 aromatic carbocycles. The number of rotatable bonds is 5. The first-order chi connectivity index (χ1) is 24.5. The molecule has 0 bridgehead atoms. The molecule has 0 saturated carbocycles. The van der Waals surface area contributed by atoms with Gasteiger partial charge in [0.25, 0.3) is 5.91 Å². The van der Waals surface area contributed by atoms with E-state index >= 15 is 0 Å². The van der Waals surface area contributed by atoms with Gasteiger partial charge < -0.3 is 25.0 Å². The van der Waals surface area contributed by atoms with Crippen LogP contribution in [0.1, 0.15) is 22.6 Å². The van der Waals surface area contributed by atoms with Crippen LogP contribution >= 0.6 is 0 Å². The minimum Gasteiger partial charge on any atom is -0.475 e. The molecule has 2 atom stereocenters. The Balaban J connectivity index is 0.000000379. The molecule has 53 heavy (non-hydrogen) atoms. The van der Waals surface area contributed by atoms with Gasteiger partial charge in [-0.1, -0.05) is 18.2 Å². The van der Waals surface area contributed by atoms with Gasteiger partial charge in [-0.15, -0.1) is 0 Å². The van der Waals surface area contributed by atoms with Gasteiger partial charge in [0.1, 0.15) is 5.82 Å². The number of carbonyl (C=O) groups excluding carboxylic acids is 1. The van der Waals surface area contributed by atoms with Crippen molar-refractivity contribution in [2.45, 2.75) is 43.1 Å². The third kappa shape index (κ3) is 13.6. The van der Waals surface area contributed by atoms with E-state index in [-0.39, 0.29) is 17.6 Å². The first kappa shape index (κ1) is 43.8. The molecule has 2 unspecified atom stereocenters. The molecule has 1 spiro atoms. The highest BCUT2D eigenvalue weighted by Crippen LogP contribution is 2.42. The second kappa shape index (κ2) is 18.4. The van der Waals surface area contributed by atoms with Gasteiger partial charge in [0.2, 0.25) is 0 Å². The smallest absolute Gasteiger partial charge is 0.475 e. The van der Waals surface area contributed by atoms with Crippen molar-refractivity contribution in [2.75, 3.05) is 26.2 Å². The largest absolute Gasteiger partial charge is 0.490 e. The first-order valence-corrected chi connectivity index (χ1v) is 14.6. The van der Waals surface area contributed by atoms with Crippen LogP contribution in [0.3, 0.4) is 0 Å². The first-order valence-electron chi connectivity index (χ1n) is 14.6. The predicted molar refractivity (Wildman–Crippen MR) is 158 cm³/mol. The third-order valence-electron chi connectivity index (χ3n) is 7.09. The number of carbonyl (C=O) groups is 4. The van der Waals surface area contributed by atoms with Gasteiger partial charge in [0.05, 0.1) is 6.61 Å². The summed E-state index contributed by atoms with van der Waals surface area (Å²) in [5.74, 6) is -8.65. The Morgan fingerprint density at radius 2 is 1.25 bits per heavy atom. The number of hydrogen-bond donors (Lipinski definition) is 3. The molecule has 4 heterocycles. The number of aromatic nitrogens is 2. The molecule has 12 nitrogen and oxygen atoms in total. The number of likely N-dealkylation sites (tertiary alicyclic amines) is 1. The average molecular weight is 775 g/mol. The van der Waals surface area contributed by atoms with Gasteiger partial charge in [0, 0.05) is 63.4 Å². The molecule has 2 aromatic heterocycles. The van der Waals surface area contributed by atoms with E-state index in [0.717, 1.165) is 16.7 Å². The number of benzene rings is 1. The predicted octanol–water partition coefficient (Wildman–Crippen LogP) is 4.91. The maximum absolute atomic E-state index is 13.9. The topological polar surface area (TPSA) is 170 Å². The Kier molecular flexibility index (Phi) is 15.2. The van der Waals surface area contributed by atoms with Crippen LogP contribution in [0.5, 0.6) is 0 Å². The fraction of sp³-hybridized carbons (Fsp3) is 0.355. The summed E-state index contributed by atoms with van der Waals surface area (Å²) in [4.78, 5) is 53.0. The standard InChI is InChI=1S/C25H25FN4O2.3C2HF3O2/c26-22-5-3-19(4-6-22)15-29-17-23(21-2-1-9-28-14-21)25(18-29)24(31)30(12-13-32-25)16-20-7-10-27-11-8-20;3*3-2(4,5)1(6)7/h1-11,14,23H,12-13,15-18H2;3*(H,6,7). The number of hydrogen-bond acceptors (Lipinski definition) is 8. The van der Waals surface area contributed by atoms with Crippen LogP contribution in [0, 0.1) is 5.82 Å². The highest BCUT2D eigenvalue weighted by atomic mass is 19.4. The molecule has 3 N–H and O–H groups in total. The maximum Gasteiger partial charge on any atom is 0.490 e. The van der Waals surface area contributed by atoms with Crippen LogP contribution in [-0.2, 0) is 37.0 Å². The molecular formula is C31H28F10N4O8. The zero-order chi connectivity index (χ0) is 40.2. The Labute approximate surface area is 292 Å². The molecule has 2 aliphatic heterocycles. The van der Waals surface area contributed by atoms with E-state index in [9.17, 15) is 48.7 Å². The molecule has 2 fully saturated rings. The van der Waals surface area contributed by atoms with Crippen molar-refractivity contribution < 1.29 is 83.1 Å². The zero-order valence-electron chi connectivity index (χ0n) is 26.7. The Morgan fingerprint density at radius 3 is 1.70 bits per heavy atom. The van der Waals surface area contributed by atoms with Crippen LogP contribution in [0.2, 0.25) is 0 Å². The van der Waals surface area contributed by atoms with Gasteiger partial charge in [-0.2, -0.15) is 39.5 Å². The van der Waals surface area contributed by atoms with E-state index in [1.165, 1.54) is 12.1 Å². The third-order valence-corrected chi connectivity index (χ3v) is 7.09. The number of halogens is 10. The summed E-state index contributed by atoms with van der Waals surface area (Å²) in [6, 6.07) is 14.3. The monoisotopic (exact) mass is 774 g/mol. The molecular weight excluding hydrogens is 746 g/mol. The van der Waals surface area contributed by atoms with Gasteiger partial charge in [-0.05, 0) is 47.0 Å². The fourth-order valence-corrected chi connectivity index (χ4v) is 4.83. The van der Waals surface area contributed by atoms with Gasteiger partial charge in [0.15, 0.2) is 5.60 Å².